The van der Waals surface area contributed by atoms with Gasteiger partial charge < -0.3 is 5.73 Å². The average molecular weight is 403 g/mol. The maximum atomic E-state index is 11.5. The van der Waals surface area contributed by atoms with Gasteiger partial charge in [-0.1, -0.05) is 12.1 Å². The van der Waals surface area contributed by atoms with Gasteiger partial charge in [-0.2, -0.15) is 5.10 Å². The van der Waals surface area contributed by atoms with Crippen LogP contribution < -0.4 is 10.9 Å². The number of aromatic nitrogens is 2. The molecule has 3 aromatic rings. The Morgan fingerprint density at radius 2 is 1.74 bits per heavy atom. The van der Waals surface area contributed by atoms with E-state index in [2.05, 4.69) is 5.10 Å². The van der Waals surface area contributed by atoms with Gasteiger partial charge in [0.1, 0.15) is 0 Å². The van der Waals surface area contributed by atoms with Gasteiger partial charge in [-0.3, -0.25) is 4.79 Å². The molecule has 1 heterocycles. The van der Waals surface area contributed by atoms with Crippen molar-refractivity contribution < 1.29 is 13.2 Å². The van der Waals surface area contributed by atoms with E-state index >= 15 is 0 Å². The number of carbonyl (C=O) groups excluding carboxylic acids is 1. The van der Waals surface area contributed by atoms with E-state index < -0.39 is 15.9 Å². The number of primary amides is 1. The van der Waals surface area contributed by atoms with Gasteiger partial charge >= 0.3 is 0 Å². The number of sulfonamides is 1. The Hall–Kier alpha value is -2.62. The van der Waals surface area contributed by atoms with E-state index in [4.69, 9.17) is 10.9 Å². The van der Waals surface area contributed by atoms with Crippen LogP contribution in [0.4, 0.5) is 0 Å². The number of nitrogens with two attached hydrogens (primary N) is 2. The number of thioether (sulfide) groups is 1. The van der Waals surface area contributed by atoms with Gasteiger partial charge in [0.25, 0.3) is 0 Å². The summed E-state index contributed by atoms with van der Waals surface area (Å²) in [7, 11) is -3.78. The first kappa shape index (κ1) is 19.2. The monoisotopic (exact) mass is 402 g/mol. The van der Waals surface area contributed by atoms with Crippen molar-refractivity contribution in [3.8, 4) is 16.9 Å². The van der Waals surface area contributed by atoms with E-state index in [0.29, 0.717) is 11.4 Å². The molecule has 0 radical (unpaired) electrons. The van der Waals surface area contributed by atoms with Crippen LogP contribution in [0.25, 0.3) is 16.9 Å². The van der Waals surface area contributed by atoms with Crippen LogP contribution in [0.3, 0.4) is 0 Å². The Morgan fingerprint density at radius 1 is 1.11 bits per heavy atom. The van der Waals surface area contributed by atoms with E-state index in [-0.39, 0.29) is 11.3 Å². The number of hydrogen-bond acceptors (Lipinski definition) is 5. The third-order valence-corrected chi connectivity index (χ3v) is 5.58. The summed E-state index contributed by atoms with van der Waals surface area (Å²) in [5.41, 5.74) is 8.14. The molecule has 0 fully saturated rings. The Kier molecular flexibility index (Phi) is 5.36. The smallest absolute Gasteiger partial charge is 0.238 e. The summed E-state index contributed by atoms with van der Waals surface area (Å²) in [5, 5.41) is 9.61. The molecule has 0 atom stereocenters. The summed E-state index contributed by atoms with van der Waals surface area (Å²) in [4.78, 5) is 12.4. The zero-order valence-electron chi connectivity index (χ0n) is 14.5. The van der Waals surface area contributed by atoms with E-state index in [9.17, 15) is 13.2 Å². The molecule has 3 rings (SSSR count). The van der Waals surface area contributed by atoms with Gasteiger partial charge in [-0.05, 0) is 48.7 Å². The number of hydrogen-bond donors (Lipinski definition) is 2. The van der Waals surface area contributed by atoms with E-state index in [0.717, 1.165) is 16.2 Å². The van der Waals surface area contributed by atoms with Crippen molar-refractivity contribution in [2.75, 3.05) is 6.26 Å². The maximum Gasteiger partial charge on any atom is 0.238 e. The molecule has 9 heteroatoms. The molecular formula is C18H18N4O3S2. The van der Waals surface area contributed by atoms with Crippen LogP contribution >= 0.6 is 11.8 Å². The van der Waals surface area contributed by atoms with Crippen LogP contribution in [0.2, 0.25) is 0 Å². The Morgan fingerprint density at radius 3 is 2.26 bits per heavy atom. The molecule has 0 saturated heterocycles. The average Bonchev–Trinajstić information content (AvgIpc) is 3.04. The number of nitrogens with zero attached hydrogens (tertiary/aromatic N) is 2. The van der Waals surface area contributed by atoms with Gasteiger partial charge in [0.2, 0.25) is 15.9 Å². The predicted molar refractivity (Wildman–Crippen MR) is 105 cm³/mol. The lowest BCUT2D eigenvalue weighted by Crippen LogP contribution is -2.14. The lowest BCUT2D eigenvalue weighted by molar-refractivity contribution is -0.117. The van der Waals surface area contributed by atoms with Crippen molar-refractivity contribution in [1.82, 2.24) is 9.78 Å². The first-order valence-electron chi connectivity index (χ1n) is 7.93. The molecule has 7 nitrogen and oxygen atoms in total. The summed E-state index contributed by atoms with van der Waals surface area (Å²) in [6.07, 6.45) is 2.01. The van der Waals surface area contributed by atoms with Crippen LogP contribution in [-0.2, 0) is 21.2 Å². The Balaban J connectivity index is 2.09. The second-order valence-electron chi connectivity index (χ2n) is 5.84. The largest absolute Gasteiger partial charge is 0.369 e. The van der Waals surface area contributed by atoms with E-state index in [1.807, 2.05) is 30.5 Å². The van der Waals surface area contributed by atoms with Crippen LogP contribution in [0.15, 0.2) is 64.4 Å². The van der Waals surface area contributed by atoms with Crippen molar-refractivity contribution >= 4 is 27.7 Å². The summed E-state index contributed by atoms with van der Waals surface area (Å²) in [5.74, 6) is -0.478. The van der Waals surface area contributed by atoms with Gasteiger partial charge in [0.15, 0.2) is 0 Å². The lowest BCUT2D eigenvalue weighted by atomic mass is 10.1. The Bertz CT molecular complexity index is 1070. The fourth-order valence-electron chi connectivity index (χ4n) is 2.64. The normalized spacial score (nSPS) is 11.5. The van der Waals surface area contributed by atoms with Crippen molar-refractivity contribution in [2.45, 2.75) is 16.2 Å². The molecule has 1 aromatic heterocycles. The fourth-order valence-corrected chi connectivity index (χ4v) is 3.56. The van der Waals surface area contributed by atoms with Gasteiger partial charge in [0.05, 0.1) is 28.4 Å². The molecule has 140 valence electrons. The minimum absolute atomic E-state index is 0.0121. The highest BCUT2D eigenvalue weighted by molar-refractivity contribution is 7.98. The van der Waals surface area contributed by atoms with Crippen LogP contribution in [0.5, 0.6) is 0 Å². The predicted octanol–water partition coefficient (Wildman–Crippen LogP) is 1.94. The first-order valence-corrected chi connectivity index (χ1v) is 10.7. The SMILES string of the molecule is CSc1ccc(-c2cc(CC(N)=O)nn2-c2ccc(S(N)(=O)=O)cc2)cc1. The molecule has 0 spiro atoms. The molecule has 0 aliphatic heterocycles. The van der Waals surface area contributed by atoms with Gasteiger partial charge in [0, 0.05) is 10.5 Å². The first-order chi connectivity index (χ1) is 12.8. The third-order valence-electron chi connectivity index (χ3n) is 3.91. The molecule has 1 amide bonds. The third kappa shape index (κ3) is 4.38. The summed E-state index contributed by atoms with van der Waals surface area (Å²) >= 11 is 1.64. The molecule has 2 aromatic carbocycles. The summed E-state index contributed by atoms with van der Waals surface area (Å²) in [6.45, 7) is 0. The van der Waals surface area contributed by atoms with Crippen molar-refractivity contribution in [3.05, 3.63) is 60.3 Å². The second kappa shape index (κ2) is 7.55. The molecule has 0 bridgehead atoms. The fraction of sp³-hybridized carbons (Fsp3) is 0.111. The van der Waals surface area contributed by atoms with Crippen molar-refractivity contribution in [2.24, 2.45) is 10.9 Å². The minimum atomic E-state index is -3.78. The number of benzene rings is 2. The molecule has 27 heavy (non-hydrogen) atoms. The zero-order valence-corrected chi connectivity index (χ0v) is 16.1. The highest BCUT2D eigenvalue weighted by Crippen LogP contribution is 2.27. The molecular weight excluding hydrogens is 384 g/mol. The Labute approximate surface area is 161 Å². The standard InChI is InChI=1S/C18H18N4O3S2/c1-26-15-6-2-12(3-7-15)17-10-13(11-18(19)23)21-22(17)14-4-8-16(9-5-14)27(20,24)25/h2-10H,11H2,1H3,(H2,19,23)(H2,20,24,25). The highest BCUT2D eigenvalue weighted by atomic mass is 32.2. The lowest BCUT2D eigenvalue weighted by Gasteiger charge is -2.09. The summed E-state index contributed by atoms with van der Waals surface area (Å²) in [6, 6.07) is 15.8. The van der Waals surface area contributed by atoms with Crippen molar-refractivity contribution in [1.29, 1.82) is 0 Å². The quantitative estimate of drug-likeness (QED) is 0.610. The van der Waals surface area contributed by atoms with Crippen LogP contribution in [0.1, 0.15) is 5.69 Å². The highest BCUT2D eigenvalue weighted by Gasteiger charge is 2.14. The molecule has 4 N–H and O–H groups in total. The van der Waals surface area contributed by atoms with Crippen LogP contribution in [0, 0.1) is 0 Å². The summed E-state index contributed by atoms with van der Waals surface area (Å²) < 4.78 is 24.6. The maximum absolute atomic E-state index is 11.5. The molecule has 0 aliphatic rings. The topological polar surface area (TPSA) is 121 Å². The molecule has 0 saturated carbocycles. The second-order valence-corrected chi connectivity index (χ2v) is 8.28. The number of primary sulfonamides is 1. The number of rotatable bonds is 6. The number of carbonyl (C=O) groups is 1. The van der Waals surface area contributed by atoms with E-state index in [1.54, 1.807) is 34.6 Å². The molecule has 0 aliphatic carbocycles. The minimum Gasteiger partial charge on any atom is -0.369 e. The number of amides is 1. The zero-order chi connectivity index (χ0) is 19.6. The van der Waals surface area contributed by atoms with Gasteiger partial charge in [-0.25, -0.2) is 18.2 Å². The van der Waals surface area contributed by atoms with Crippen LogP contribution in [-0.4, -0.2) is 30.4 Å². The van der Waals surface area contributed by atoms with Gasteiger partial charge in [-0.15, -0.1) is 11.8 Å². The molecule has 0 unspecified atom stereocenters. The van der Waals surface area contributed by atoms with E-state index in [1.165, 1.54) is 12.1 Å². The van der Waals surface area contributed by atoms with Crippen molar-refractivity contribution in [3.63, 3.8) is 0 Å².